The topological polar surface area (TPSA) is 43.1 Å². The third-order valence-electron chi connectivity index (χ3n) is 0.595. The van der Waals surface area contributed by atoms with Crippen LogP contribution >= 0.6 is 0 Å². The molecule has 0 aromatic rings. The molecule has 0 unspecified atom stereocenters. The number of carbonyl (C=O) groups excluding carboxylic acids is 1. The highest BCUT2D eigenvalue weighted by atomic mass is 28.2. The van der Waals surface area contributed by atoms with Gasteiger partial charge in [-0.05, 0) is 6.04 Å². The van der Waals surface area contributed by atoms with E-state index in [1.54, 1.807) is 6.08 Å². The maximum Gasteiger partial charge on any atom is 0.182 e. The highest BCUT2D eigenvalue weighted by molar-refractivity contribution is 6.73. The Balaban J connectivity index is 2.97. The molecule has 0 heterocycles. The van der Waals surface area contributed by atoms with Gasteiger partial charge in [0.15, 0.2) is 5.53 Å². The van der Waals surface area contributed by atoms with E-state index in [1.165, 1.54) is 0 Å². The summed E-state index contributed by atoms with van der Waals surface area (Å²) in [6, 6.07) is 0.829. The van der Waals surface area contributed by atoms with Crippen molar-refractivity contribution < 1.29 is 4.79 Å². The Morgan fingerprint density at radius 1 is 2.00 bits per heavy atom. The summed E-state index contributed by atoms with van der Waals surface area (Å²) in [5.41, 5.74) is 4.73. The zero-order chi connectivity index (χ0) is 5.70. The van der Waals surface area contributed by atoms with Crippen LogP contribution in [0.5, 0.6) is 0 Å². The zero-order valence-corrected chi connectivity index (χ0v) is 5.60. The van der Waals surface area contributed by atoms with Crippen molar-refractivity contribution in [3.05, 3.63) is 12.7 Å². The standard InChI is InChI=1S/C4H9NOSi/c1-2-3-7-4(5)6/h2H,1,3,7H2,(H2,5,6). The largest absolute Gasteiger partial charge is 0.375 e. The molecule has 1 amide bonds. The van der Waals surface area contributed by atoms with E-state index in [9.17, 15) is 4.79 Å². The van der Waals surface area contributed by atoms with Crippen LogP contribution in [0.25, 0.3) is 0 Å². The Hall–Kier alpha value is -0.573. The molecule has 3 heteroatoms. The van der Waals surface area contributed by atoms with Crippen molar-refractivity contribution in [1.82, 2.24) is 0 Å². The molecule has 0 aliphatic carbocycles. The minimum absolute atomic E-state index is 0.125. The first-order valence-electron chi connectivity index (χ1n) is 2.16. The number of allylic oxidation sites excluding steroid dienone is 1. The van der Waals surface area contributed by atoms with Gasteiger partial charge in [0, 0.05) is 0 Å². The van der Waals surface area contributed by atoms with E-state index in [1.807, 2.05) is 0 Å². The molecule has 0 aromatic heterocycles. The van der Waals surface area contributed by atoms with Crippen molar-refractivity contribution in [2.75, 3.05) is 0 Å². The van der Waals surface area contributed by atoms with Crippen LogP contribution in [-0.2, 0) is 0 Å². The van der Waals surface area contributed by atoms with Crippen molar-refractivity contribution in [3.63, 3.8) is 0 Å². The maximum absolute atomic E-state index is 9.99. The van der Waals surface area contributed by atoms with Crippen LogP contribution in [0.3, 0.4) is 0 Å². The fourth-order valence-corrected chi connectivity index (χ4v) is 0.733. The van der Waals surface area contributed by atoms with Gasteiger partial charge in [0.2, 0.25) is 0 Å². The zero-order valence-electron chi connectivity index (χ0n) is 4.18. The summed E-state index contributed by atoms with van der Waals surface area (Å²) in [6.45, 7) is 3.46. The summed E-state index contributed by atoms with van der Waals surface area (Å²) in [5.74, 6) is 0. The minimum atomic E-state index is -0.633. The van der Waals surface area contributed by atoms with E-state index >= 15 is 0 Å². The molecule has 0 aliphatic rings. The predicted molar refractivity (Wildman–Crippen MR) is 33.1 cm³/mol. The molecule has 0 aromatic carbocycles. The molecular formula is C4H9NOSi. The summed E-state index contributed by atoms with van der Waals surface area (Å²) in [4.78, 5) is 9.99. The highest BCUT2D eigenvalue weighted by Crippen LogP contribution is 1.75. The lowest BCUT2D eigenvalue weighted by molar-refractivity contribution is 0.266. The quantitative estimate of drug-likeness (QED) is 0.403. The van der Waals surface area contributed by atoms with E-state index in [-0.39, 0.29) is 5.53 Å². The number of carbonyl (C=O) groups is 1. The Kier molecular flexibility index (Phi) is 3.32. The maximum atomic E-state index is 9.99. The predicted octanol–water partition coefficient (Wildman–Crippen LogP) is -0.162. The number of hydrogen-bond acceptors (Lipinski definition) is 1. The van der Waals surface area contributed by atoms with Gasteiger partial charge in [-0.3, -0.25) is 4.79 Å². The molecule has 0 spiro atoms. The molecule has 0 rings (SSSR count). The summed E-state index contributed by atoms with van der Waals surface area (Å²) in [6.07, 6.45) is 1.73. The van der Waals surface area contributed by atoms with Crippen LogP contribution in [0.4, 0.5) is 4.79 Å². The number of amides is 1. The second-order valence-corrected chi connectivity index (χ2v) is 3.07. The average Bonchev–Trinajstić information content (AvgIpc) is 1.61. The molecular weight excluding hydrogens is 106 g/mol. The van der Waals surface area contributed by atoms with E-state index in [2.05, 4.69) is 6.58 Å². The molecule has 0 atom stereocenters. The van der Waals surface area contributed by atoms with Crippen molar-refractivity contribution in [3.8, 4) is 0 Å². The van der Waals surface area contributed by atoms with E-state index in [0.717, 1.165) is 6.04 Å². The van der Waals surface area contributed by atoms with Crippen molar-refractivity contribution in [2.45, 2.75) is 6.04 Å². The lowest BCUT2D eigenvalue weighted by atomic mass is 10.8. The summed E-state index contributed by atoms with van der Waals surface area (Å²) >= 11 is 0. The van der Waals surface area contributed by atoms with Gasteiger partial charge in [-0.15, -0.1) is 6.58 Å². The van der Waals surface area contributed by atoms with Crippen LogP contribution in [0, 0.1) is 0 Å². The van der Waals surface area contributed by atoms with Gasteiger partial charge in [-0.25, -0.2) is 0 Å². The van der Waals surface area contributed by atoms with Crippen LogP contribution < -0.4 is 5.73 Å². The Bertz CT molecular complexity index is 81.8. The van der Waals surface area contributed by atoms with Crippen LogP contribution in [0.1, 0.15) is 0 Å². The van der Waals surface area contributed by atoms with Gasteiger partial charge in [-0.1, -0.05) is 6.08 Å². The normalized spacial score (nSPS) is 9.71. The van der Waals surface area contributed by atoms with Gasteiger partial charge >= 0.3 is 0 Å². The van der Waals surface area contributed by atoms with Gasteiger partial charge in [-0.2, -0.15) is 0 Å². The monoisotopic (exact) mass is 115 g/mol. The lowest BCUT2D eigenvalue weighted by Crippen LogP contribution is -2.15. The fraction of sp³-hybridized carbons (Fsp3) is 0.250. The Morgan fingerprint density at radius 2 is 2.57 bits per heavy atom. The van der Waals surface area contributed by atoms with Gasteiger partial charge in [0.1, 0.15) is 9.52 Å². The van der Waals surface area contributed by atoms with Crippen LogP contribution in [0.2, 0.25) is 6.04 Å². The number of hydrogen-bond donors (Lipinski definition) is 1. The molecule has 40 valence electrons. The highest BCUT2D eigenvalue weighted by Gasteiger charge is 1.88. The second kappa shape index (κ2) is 3.61. The van der Waals surface area contributed by atoms with E-state index in [0.29, 0.717) is 0 Å². The van der Waals surface area contributed by atoms with Crippen molar-refractivity contribution in [2.24, 2.45) is 5.73 Å². The third kappa shape index (κ3) is 5.43. The van der Waals surface area contributed by atoms with Crippen LogP contribution in [0.15, 0.2) is 12.7 Å². The molecule has 0 bridgehead atoms. The molecule has 2 N–H and O–H groups in total. The number of primary amides is 1. The second-order valence-electron chi connectivity index (χ2n) is 1.29. The minimum Gasteiger partial charge on any atom is -0.375 e. The number of rotatable bonds is 3. The average molecular weight is 115 g/mol. The van der Waals surface area contributed by atoms with Gasteiger partial charge in [0.05, 0.1) is 0 Å². The van der Waals surface area contributed by atoms with Gasteiger partial charge in [0.25, 0.3) is 0 Å². The molecule has 0 saturated carbocycles. The molecule has 2 nitrogen and oxygen atoms in total. The summed E-state index contributed by atoms with van der Waals surface area (Å²) < 4.78 is 0. The van der Waals surface area contributed by atoms with E-state index in [4.69, 9.17) is 5.73 Å². The Labute approximate surface area is 45.2 Å². The fourth-order valence-electron chi connectivity index (χ4n) is 0.244. The lowest BCUT2D eigenvalue weighted by Gasteiger charge is -1.82. The van der Waals surface area contributed by atoms with Crippen LogP contribution in [-0.4, -0.2) is 15.1 Å². The molecule has 0 radical (unpaired) electrons. The summed E-state index contributed by atoms with van der Waals surface area (Å²) in [5, 5.41) is 0. The SMILES string of the molecule is C=CC[SiH2]C(N)=O. The first-order valence-corrected chi connectivity index (χ1v) is 3.87. The third-order valence-corrected chi connectivity index (χ3v) is 1.78. The van der Waals surface area contributed by atoms with Crippen molar-refractivity contribution in [1.29, 1.82) is 0 Å². The first-order chi connectivity index (χ1) is 3.27. The molecule has 0 aliphatic heterocycles. The molecule has 0 saturated heterocycles. The molecule has 0 fully saturated rings. The van der Waals surface area contributed by atoms with Crippen molar-refractivity contribution >= 4 is 15.1 Å². The molecule has 7 heavy (non-hydrogen) atoms. The smallest absolute Gasteiger partial charge is 0.182 e. The first kappa shape index (κ1) is 6.43. The summed E-state index contributed by atoms with van der Waals surface area (Å²) in [7, 11) is -0.633. The number of nitrogens with two attached hydrogens (primary N) is 1. The van der Waals surface area contributed by atoms with Gasteiger partial charge < -0.3 is 5.73 Å². The Morgan fingerprint density at radius 3 is 2.71 bits per heavy atom. The van der Waals surface area contributed by atoms with E-state index < -0.39 is 9.52 Å².